The van der Waals surface area contributed by atoms with Crippen LogP contribution in [0.25, 0.3) is 0 Å². The van der Waals surface area contributed by atoms with E-state index in [4.69, 9.17) is 14.2 Å². The SMILES string of the molecule is COc1cccc(Br)c1OC1CC(=O)C1OC. The third kappa shape index (κ3) is 2.30. The van der Waals surface area contributed by atoms with Crippen LogP contribution in [-0.4, -0.2) is 32.2 Å². The van der Waals surface area contributed by atoms with Gasteiger partial charge in [-0.05, 0) is 28.1 Å². The molecule has 0 aromatic heterocycles. The van der Waals surface area contributed by atoms with Crippen LogP contribution in [0.2, 0.25) is 0 Å². The number of methoxy groups -OCH3 is 2. The Kier molecular flexibility index (Phi) is 3.69. The zero-order valence-corrected chi connectivity index (χ0v) is 11.2. The van der Waals surface area contributed by atoms with Crippen LogP contribution in [0.15, 0.2) is 22.7 Å². The summed E-state index contributed by atoms with van der Waals surface area (Å²) in [7, 11) is 3.09. The minimum atomic E-state index is -0.466. The highest BCUT2D eigenvalue weighted by Gasteiger charge is 2.42. The first-order valence-electron chi connectivity index (χ1n) is 5.22. The van der Waals surface area contributed by atoms with Crippen LogP contribution in [0.4, 0.5) is 0 Å². The van der Waals surface area contributed by atoms with Gasteiger partial charge in [0.15, 0.2) is 23.4 Å². The number of ether oxygens (including phenoxy) is 3. The van der Waals surface area contributed by atoms with E-state index in [1.165, 1.54) is 7.11 Å². The van der Waals surface area contributed by atoms with Crippen LogP contribution in [0.3, 0.4) is 0 Å². The second-order valence-corrected chi connectivity index (χ2v) is 4.61. The summed E-state index contributed by atoms with van der Waals surface area (Å²) in [6.07, 6.45) is -0.324. The zero-order valence-electron chi connectivity index (χ0n) is 9.60. The Labute approximate surface area is 108 Å². The Bertz CT molecular complexity index is 433. The van der Waals surface area contributed by atoms with E-state index in [1.54, 1.807) is 7.11 Å². The van der Waals surface area contributed by atoms with Gasteiger partial charge in [-0.1, -0.05) is 6.07 Å². The molecule has 0 radical (unpaired) electrons. The number of Topliss-reactive ketones (excluding diaryl/α,β-unsaturated/α-hetero) is 1. The first-order chi connectivity index (χ1) is 8.17. The lowest BCUT2D eigenvalue weighted by Crippen LogP contribution is -2.51. The molecule has 17 heavy (non-hydrogen) atoms. The lowest BCUT2D eigenvalue weighted by atomic mass is 9.90. The van der Waals surface area contributed by atoms with Crippen molar-refractivity contribution in [1.29, 1.82) is 0 Å². The van der Waals surface area contributed by atoms with Gasteiger partial charge in [-0.2, -0.15) is 0 Å². The van der Waals surface area contributed by atoms with Crippen LogP contribution in [0, 0.1) is 0 Å². The van der Waals surface area contributed by atoms with Crippen molar-refractivity contribution in [2.45, 2.75) is 18.6 Å². The van der Waals surface area contributed by atoms with E-state index >= 15 is 0 Å². The fourth-order valence-corrected chi connectivity index (χ4v) is 2.21. The number of hydrogen-bond acceptors (Lipinski definition) is 4. The average molecular weight is 301 g/mol. The Morgan fingerprint density at radius 3 is 2.71 bits per heavy atom. The molecular weight excluding hydrogens is 288 g/mol. The Morgan fingerprint density at radius 1 is 1.35 bits per heavy atom. The molecule has 0 N–H and O–H groups in total. The molecular formula is C12H13BrO4. The molecule has 1 aromatic carbocycles. The van der Waals surface area contributed by atoms with Crippen molar-refractivity contribution in [3.8, 4) is 11.5 Å². The molecule has 0 aliphatic heterocycles. The summed E-state index contributed by atoms with van der Waals surface area (Å²) < 4.78 is 16.8. The first kappa shape index (κ1) is 12.4. The maximum absolute atomic E-state index is 11.3. The molecule has 1 aromatic rings. The van der Waals surface area contributed by atoms with Gasteiger partial charge >= 0.3 is 0 Å². The molecule has 0 saturated heterocycles. The summed E-state index contributed by atoms with van der Waals surface area (Å²) in [5, 5.41) is 0. The van der Waals surface area contributed by atoms with Crippen LogP contribution in [0.1, 0.15) is 6.42 Å². The van der Waals surface area contributed by atoms with E-state index in [1.807, 2.05) is 18.2 Å². The third-order valence-electron chi connectivity index (χ3n) is 2.73. The van der Waals surface area contributed by atoms with E-state index in [-0.39, 0.29) is 11.9 Å². The van der Waals surface area contributed by atoms with Gasteiger partial charge < -0.3 is 14.2 Å². The lowest BCUT2D eigenvalue weighted by molar-refractivity contribution is -0.151. The maximum atomic E-state index is 11.3. The Morgan fingerprint density at radius 2 is 2.12 bits per heavy atom. The van der Waals surface area contributed by atoms with E-state index in [0.717, 1.165) is 4.47 Å². The smallest absolute Gasteiger partial charge is 0.175 e. The Hall–Kier alpha value is -1.07. The molecule has 0 bridgehead atoms. The lowest BCUT2D eigenvalue weighted by Gasteiger charge is -2.34. The molecule has 5 heteroatoms. The maximum Gasteiger partial charge on any atom is 0.175 e. The van der Waals surface area contributed by atoms with Crippen LogP contribution >= 0.6 is 15.9 Å². The molecule has 2 rings (SSSR count). The highest BCUT2D eigenvalue weighted by molar-refractivity contribution is 9.10. The molecule has 0 amide bonds. The largest absolute Gasteiger partial charge is 0.493 e. The molecule has 4 nitrogen and oxygen atoms in total. The molecule has 92 valence electrons. The second kappa shape index (κ2) is 5.06. The van der Waals surface area contributed by atoms with E-state index in [0.29, 0.717) is 17.9 Å². The van der Waals surface area contributed by atoms with Gasteiger partial charge in [0, 0.05) is 13.5 Å². The summed E-state index contributed by atoms with van der Waals surface area (Å²) >= 11 is 3.40. The fraction of sp³-hybridized carbons (Fsp3) is 0.417. The van der Waals surface area contributed by atoms with Crippen molar-refractivity contribution in [2.75, 3.05) is 14.2 Å². The molecule has 1 aliphatic carbocycles. The molecule has 0 heterocycles. The molecule has 2 atom stereocenters. The molecule has 1 saturated carbocycles. The highest BCUT2D eigenvalue weighted by Crippen LogP contribution is 2.38. The van der Waals surface area contributed by atoms with Gasteiger partial charge in [-0.25, -0.2) is 0 Å². The minimum absolute atomic E-state index is 0.0727. The van der Waals surface area contributed by atoms with Crippen molar-refractivity contribution in [3.63, 3.8) is 0 Å². The predicted octanol–water partition coefficient (Wildman–Crippen LogP) is 2.19. The number of carbonyl (C=O) groups is 1. The second-order valence-electron chi connectivity index (χ2n) is 3.75. The average Bonchev–Trinajstić information content (AvgIpc) is 2.30. The number of halogens is 1. The van der Waals surface area contributed by atoms with Crippen LogP contribution in [0.5, 0.6) is 11.5 Å². The van der Waals surface area contributed by atoms with Gasteiger partial charge in [-0.15, -0.1) is 0 Å². The van der Waals surface area contributed by atoms with Crippen molar-refractivity contribution < 1.29 is 19.0 Å². The van der Waals surface area contributed by atoms with Crippen molar-refractivity contribution in [1.82, 2.24) is 0 Å². The summed E-state index contributed by atoms with van der Waals surface area (Å²) in [4.78, 5) is 11.3. The summed E-state index contributed by atoms with van der Waals surface area (Å²) in [6.45, 7) is 0. The molecule has 0 spiro atoms. The van der Waals surface area contributed by atoms with Crippen molar-refractivity contribution in [2.24, 2.45) is 0 Å². The summed E-state index contributed by atoms with van der Waals surface area (Å²) in [5.74, 6) is 1.31. The van der Waals surface area contributed by atoms with Gasteiger partial charge in [0.25, 0.3) is 0 Å². The predicted molar refractivity (Wildman–Crippen MR) is 65.5 cm³/mol. The number of ketones is 1. The topological polar surface area (TPSA) is 44.8 Å². The summed E-state index contributed by atoms with van der Waals surface area (Å²) in [5.41, 5.74) is 0. The molecule has 1 fully saturated rings. The van der Waals surface area contributed by atoms with Crippen molar-refractivity contribution in [3.05, 3.63) is 22.7 Å². The van der Waals surface area contributed by atoms with E-state index in [9.17, 15) is 4.79 Å². The quantitative estimate of drug-likeness (QED) is 0.855. The van der Waals surface area contributed by atoms with E-state index in [2.05, 4.69) is 15.9 Å². The molecule has 2 unspecified atom stereocenters. The van der Waals surface area contributed by atoms with Crippen molar-refractivity contribution >= 4 is 21.7 Å². The molecule has 1 aliphatic rings. The Balaban J connectivity index is 2.16. The monoisotopic (exact) mass is 300 g/mol. The fourth-order valence-electron chi connectivity index (χ4n) is 1.77. The van der Waals surface area contributed by atoms with E-state index < -0.39 is 6.10 Å². The summed E-state index contributed by atoms with van der Waals surface area (Å²) in [6, 6.07) is 5.53. The first-order valence-corrected chi connectivity index (χ1v) is 6.01. The number of carbonyl (C=O) groups excluding carboxylic acids is 1. The normalized spacial score (nSPS) is 23.1. The number of rotatable bonds is 4. The highest BCUT2D eigenvalue weighted by atomic mass is 79.9. The number of hydrogen-bond donors (Lipinski definition) is 0. The standard InChI is InChI=1S/C12H13BrO4/c1-15-9-5-3-4-7(13)11(9)17-10-6-8(14)12(10)16-2/h3-5,10,12H,6H2,1-2H3. The zero-order chi connectivity index (χ0) is 12.4. The van der Waals surface area contributed by atoms with Crippen LogP contribution < -0.4 is 9.47 Å². The third-order valence-corrected chi connectivity index (χ3v) is 3.36. The van der Waals surface area contributed by atoms with Gasteiger partial charge in [0.05, 0.1) is 11.6 Å². The van der Waals surface area contributed by atoms with Gasteiger partial charge in [0.2, 0.25) is 0 Å². The van der Waals surface area contributed by atoms with Gasteiger partial charge in [0.1, 0.15) is 6.10 Å². The van der Waals surface area contributed by atoms with Crippen LogP contribution in [-0.2, 0) is 9.53 Å². The number of para-hydroxylation sites is 1. The number of benzene rings is 1. The minimum Gasteiger partial charge on any atom is -0.493 e. The van der Waals surface area contributed by atoms with Gasteiger partial charge in [-0.3, -0.25) is 4.79 Å².